The van der Waals surface area contributed by atoms with E-state index in [2.05, 4.69) is 26.2 Å². The van der Waals surface area contributed by atoms with Crippen LogP contribution in [0, 0.1) is 6.92 Å². The number of sulfonamides is 1. The molecule has 2 aromatic carbocycles. The first kappa shape index (κ1) is 15.7. The maximum atomic E-state index is 12.1. The summed E-state index contributed by atoms with van der Waals surface area (Å²) in [6, 6.07) is 13.1. The van der Waals surface area contributed by atoms with Crippen molar-refractivity contribution in [1.82, 2.24) is 10.3 Å². The van der Waals surface area contributed by atoms with E-state index in [1.165, 1.54) is 12.1 Å². The molecule has 2 N–H and O–H groups in total. The topological polar surface area (TPSA) is 75.3 Å². The van der Waals surface area contributed by atoms with Crippen molar-refractivity contribution in [2.24, 2.45) is 0 Å². The number of aryl methyl sites for hydroxylation is 1. The van der Waals surface area contributed by atoms with Gasteiger partial charge in [-0.05, 0) is 36.8 Å². The van der Waals surface area contributed by atoms with Gasteiger partial charge in [-0.15, -0.1) is 4.83 Å². The molecule has 5 nitrogen and oxygen atoms in total. The Bertz CT molecular complexity index is 775. The molecule has 0 saturated heterocycles. The highest BCUT2D eigenvalue weighted by atomic mass is 79.9. The van der Waals surface area contributed by atoms with Gasteiger partial charge in [-0.2, -0.15) is 0 Å². The fourth-order valence-electron chi connectivity index (χ4n) is 1.70. The number of benzene rings is 2. The average Bonchev–Trinajstić information content (AvgIpc) is 2.45. The first-order valence-corrected chi connectivity index (χ1v) is 8.31. The number of hydrogen-bond donors (Lipinski definition) is 2. The van der Waals surface area contributed by atoms with Gasteiger partial charge < -0.3 is 0 Å². The summed E-state index contributed by atoms with van der Waals surface area (Å²) in [7, 11) is -3.81. The van der Waals surface area contributed by atoms with Gasteiger partial charge in [-0.1, -0.05) is 40.2 Å². The molecule has 1 amide bonds. The van der Waals surface area contributed by atoms with E-state index in [4.69, 9.17) is 0 Å². The van der Waals surface area contributed by atoms with Crippen molar-refractivity contribution in [3.63, 3.8) is 0 Å². The Labute approximate surface area is 131 Å². The van der Waals surface area contributed by atoms with Gasteiger partial charge in [0, 0.05) is 10.0 Å². The van der Waals surface area contributed by atoms with Crippen molar-refractivity contribution >= 4 is 31.9 Å². The summed E-state index contributed by atoms with van der Waals surface area (Å²) in [6.07, 6.45) is 0. The molecular formula is C14H13BrN2O3S. The van der Waals surface area contributed by atoms with Crippen molar-refractivity contribution in [1.29, 1.82) is 0 Å². The summed E-state index contributed by atoms with van der Waals surface area (Å²) in [5, 5.41) is 0. The molecule has 0 heterocycles. The zero-order valence-electron chi connectivity index (χ0n) is 11.1. The highest BCUT2D eigenvalue weighted by Crippen LogP contribution is 2.15. The third-order valence-corrected chi connectivity index (χ3v) is 4.53. The third kappa shape index (κ3) is 3.90. The highest BCUT2D eigenvalue weighted by Gasteiger charge is 2.16. The number of hydrazine groups is 1. The lowest BCUT2D eigenvalue weighted by molar-refractivity contribution is 0.0944. The van der Waals surface area contributed by atoms with E-state index in [1.54, 1.807) is 43.3 Å². The van der Waals surface area contributed by atoms with Crippen LogP contribution in [0.4, 0.5) is 0 Å². The summed E-state index contributed by atoms with van der Waals surface area (Å²) < 4.78 is 24.8. The van der Waals surface area contributed by atoms with E-state index in [9.17, 15) is 13.2 Å². The van der Waals surface area contributed by atoms with E-state index in [0.717, 1.165) is 5.56 Å². The van der Waals surface area contributed by atoms with Gasteiger partial charge >= 0.3 is 0 Å². The molecule has 2 aromatic rings. The van der Waals surface area contributed by atoms with Gasteiger partial charge in [0.1, 0.15) is 0 Å². The normalized spacial score (nSPS) is 11.1. The number of halogens is 1. The zero-order chi connectivity index (χ0) is 15.5. The molecule has 0 bridgehead atoms. The lowest BCUT2D eigenvalue weighted by atomic mass is 10.1. The van der Waals surface area contributed by atoms with E-state index in [-0.39, 0.29) is 4.90 Å². The summed E-state index contributed by atoms with van der Waals surface area (Å²) >= 11 is 3.20. The summed E-state index contributed by atoms with van der Waals surface area (Å²) in [5.41, 5.74) is 3.38. The van der Waals surface area contributed by atoms with E-state index < -0.39 is 15.9 Å². The molecule has 0 atom stereocenters. The Hall–Kier alpha value is -1.70. The second-order valence-electron chi connectivity index (χ2n) is 4.33. The van der Waals surface area contributed by atoms with Crippen LogP contribution in [0.25, 0.3) is 0 Å². The quantitative estimate of drug-likeness (QED) is 0.813. The van der Waals surface area contributed by atoms with Gasteiger partial charge in [0.05, 0.1) is 4.90 Å². The standard InChI is InChI=1S/C14H13BrN2O3S/c1-10-5-2-3-8-13(10)14(18)16-17-21(19,20)12-7-4-6-11(15)9-12/h2-9,17H,1H3,(H,16,18). The summed E-state index contributed by atoms with van der Waals surface area (Å²) in [5.74, 6) is -0.508. The zero-order valence-corrected chi connectivity index (χ0v) is 13.5. The van der Waals surface area contributed by atoms with Gasteiger partial charge in [0.25, 0.3) is 15.9 Å². The predicted octanol–water partition coefficient (Wildman–Crippen LogP) is 2.38. The van der Waals surface area contributed by atoms with Crippen LogP contribution in [0.15, 0.2) is 57.9 Å². The number of amides is 1. The third-order valence-electron chi connectivity index (χ3n) is 2.80. The molecule has 0 aliphatic carbocycles. The number of hydrogen-bond acceptors (Lipinski definition) is 3. The first-order chi connectivity index (χ1) is 9.90. The Morgan fingerprint density at radius 3 is 2.48 bits per heavy atom. The largest absolute Gasteiger partial charge is 0.273 e. The van der Waals surface area contributed by atoms with Crippen molar-refractivity contribution in [3.05, 3.63) is 64.1 Å². The fraction of sp³-hybridized carbons (Fsp3) is 0.0714. The highest BCUT2D eigenvalue weighted by molar-refractivity contribution is 9.10. The number of rotatable bonds is 4. The number of nitrogens with one attached hydrogen (secondary N) is 2. The Morgan fingerprint density at radius 2 is 1.81 bits per heavy atom. The van der Waals surface area contributed by atoms with Crippen LogP contribution in [-0.4, -0.2) is 14.3 Å². The van der Waals surface area contributed by atoms with Crippen LogP contribution in [-0.2, 0) is 10.0 Å². The molecule has 0 aromatic heterocycles. The van der Waals surface area contributed by atoms with Crippen LogP contribution in [0.1, 0.15) is 15.9 Å². The Balaban J connectivity index is 2.12. The monoisotopic (exact) mass is 368 g/mol. The molecule has 0 spiro atoms. The van der Waals surface area contributed by atoms with Gasteiger partial charge in [0.15, 0.2) is 0 Å². The molecule has 2 rings (SSSR count). The Kier molecular flexibility index (Phi) is 4.76. The van der Waals surface area contributed by atoms with Gasteiger partial charge in [0.2, 0.25) is 0 Å². The number of carbonyl (C=O) groups excluding carboxylic acids is 1. The van der Waals surface area contributed by atoms with Crippen molar-refractivity contribution in [3.8, 4) is 0 Å². The average molecular weight is 369 g/mol. The molecule has 0 aliphatic heterocycles. The lowest BCUT2D eigenvalue weighted by Crippen LogP contribution is -2.41. The second kappa shape index (κ2) is 6.38. The van der Waals surface area contributed by atoms with Crippen molar-refractivity contribution in [2.45, 2.75) is 11.8 Å². The lowest BCUT2D eigenvalue weighted by Gasteiger charge is -2.10. The number of carbonyl (C=O) groups is 1. The summed E-state index contributed by atoms with van der Waals surface area (Å²) in [4.78, 5) is 14.1. The molecule has 0 fully saturated rings. The van der Waals surface area contributed by atoms with Crippen LogP contribution in [0.5, 0.6) is 0 Å². The maximum absolute atomic E-state index is 12.1. The Morgan fingerprint density at radius 1 is 1.10 bits per heavy atom. The van der Waals surface area contributed by atoms with Crippen molar-refractivity contribution in [2.75, 3.05) is 0 Å². The van der Waals surface area contributed by atoms with E-state index in [0.29, 0.717) is 10.0 Å². The molecule has 0 unspecified atom stereocenters. The van der Waals surface area contributed by atoms with Gasteiger partial charge in [-0.25, -0.2) is 8.42 Å². The molecule has 0 radical (unpaired) electrons. The minimum absolute atomic E-state index is 0.0574. The molecule has 7 heteroatoms. The molecular weight excluding hydrogens is 356 g/mol. The predicted molar refractivity (Wildman–Crippen MR) is 83.1 cm³/mol. The minimum Gasteiger partial charge on any atom is -0.273 e. The SMILES string of the molecule is Cc1ccccc1C(=O)NNS(=O)(=O)c1cccc(Br)c1. The van der Waals surface area contributed by atoms with Crippen LogP contribution in [0.2, 0.25) is 0 Å². The first-order valence-electron chi connectivity index (χ1n) is 6.03. The van der Waals surface area contributed by atoms with Gasteiger partial charge in [-0.3, -0.25) is 10.2 Å². The van der Waals surface area contributed by atoms with E-state index in [1.807, 2.05) is 0 Å². The maximum Gasteiger partial charge on any atom is 0.266 e. The minimum atomic E-state index is -3.81. The van der Waals surface area contributed by atoms with Crippen LogP contribution >= 0.6 is 15.9 Å². The van der Waals surface area contributed by atoms with Crippen LogP contribution in [0.3, 0.4) is 0 Å². The van der Waals surface area contributed by atoms with E-state index >= 15 is 0 Å². The second-order valence-corrected chi connectivity index (χ2v) is 6.93. The summed E-state index contributed by atoms with van der Waals surface area (Å²) in [6.45, 7) is 1.78. The fourth-order valence-corrected chi connectivity index (χ4v) is 3.14. The van der Waals surface area contributed by atoms with Crippen LogP contribution < -0.4 is 10.3 Å². The van der Waals surface area contributed by atoms with Crippen molar-refractivity contribution < 1.29 is 13.2 Å². The molecule has 110 valence electrons. The molecule has 0 saturated carbocycles. The molecule has 21 heavy (non-hydrogen) atoms. The smallest absolute Gasteiger partial charge is 0.266 e. The molecule has 0 aliphatic rings.